The number of urea groups is 1. The van der Waals surface area contributed by atoms with E-state index in [1.165, 1.54) is 17.0 Å². The van der Waals surface area contributed by atoms with Crippen molar-refractivity contribution in [1.82, 2.24) is 20.0 Å². The Balaban J connectivity index is 1.49. The Morgan fingerprint density at radius 2 is 1.82 bits per heavy atom. The van der Waals surface area contributed by atoms with Gasteiger partial charge in [-0.25, -0.2) is 9.48 Å². The molecule has 6 nitrogen and oxygen atoms in total. The average Bonchev–Trinajstić information content (AvgIpc) is 3.22. The highest BCUT2D eigenvalue weighted by atomic mass is 19.3. The fourth-order valence-electron chi connectivity index (χ4n) is 2.62. The summed E-state index contributed by atoms with van der Waals surface area (Å²) in [6.45, 7) is -2.11. The second-order valence-electron chi connectivity index (χ2n) is 6.15. The molecule has 2 aromatic carbocycles. The first-order chi connectivity index (χ1) is 13.5. The van der Waals surface area contributed by atoms with Crippen molar-refractivity contribution >= 4 is 6.03 Å². The maximum absolute atomic E-state index is 12.3. The third-order valence-corrected chi connectivity index (χ3v) is 4.06. The molecule has 0 atom stereocenters. The van der Waals surface area contributed by atoms with Crippen LogP contribution in [0.5, 0.6) is 5.75 Å². The molecule has 0 aliphatic heterocycles. The van der Waals surface area contributed by atoms with Gasteiger partial charge in [0.25, 0.3) is 0 Å². The van der Waals surface area contributed by atoms with Crippen molar-refractivity contribution in [2.24, 2.45) is 0 Å². The second kappa shape index (κ2) is 8.98. The fraction of sp³-hybridized carbons (Fsp3) is 0.200. The van der Waals surface area contributed by atoms with E-state index in [0.29, 0.717) is 13.1 Å². The molecule has 0 bridgehead atoms. The monoisotopic (exact) mass is 386 g/mol. The summed E-state index contributed by atoms with van der Waals surface area (Å²) in [5.41, 5.74) is 2.71. The first kappa shape index (κ1) is 19.3. The Kier molecular flexibility index (Phi) is 6.21. The number of aromatic nitrogens is 2. The van der Waals surface area contributed by atoms with Crippen LogP contribution in [0.3, 0.4) is 0 Å². The highest BCUT2D eigenvalue weighted by Crippen LogP contribution is 2.16. The minimum Gasteiger partial charge on any atom is -0.435 e. The Morgan fingerprint density at radius 1 is 1.14 bits per heavy atom. The molecule has 0 spiro atoms. The number of alkyl halides is 2. The van der Waals surface area contributed by atoms with E-state index in [4.69, 9.17) is 0 Å². The van der Waals surface area contributed by atoms with Gasteiger partial charge in [-0.3, -0.25) is 0 Å². The van der Waals surface area contributed by atoms with Gasteiger partial charge in [0.1, 0.15) is 5.75 Å². The van der Waals surface area contributed by atoms with Gasteiger partial charge in [-0.1, -0.05) is 24.3 Å². The number of hydrogen-bond donors (Lipinski definition) is 1. The van der Waals surface area contributed by atoms with Gasteiger partial charge < -0.3 is 15.0 Å². The molecule has 0 fully saturated rings. The molecule has 0 saturated heterocycles. The quantitative estimate of drug-likeness (QED) is 0.672. The van der Waals surface area contributed by atoms with Crippen molar-refractivity contribution < 1.29 is 18.3 Å². The van der Waals surface area contributed by atoms with Gasteiger partial charge in [0.2, 0.25) is 0 Å². The van der Waals surface area contributed by atoms with Crippen LogP contribution in [0.1, 0.15) is 11.1 Å². The minimum absolute atomic E-state index is 0.0874. The maximum Gasteiger partial charge on any atom is 0.387 e. The van der Waals surface area contributed by atoms with E-state index in [9.17, 15) is 13.6 Å². The zero-order valence-corrected chi connectivity index (χ0v) is 15.3. The van der Waals surface area contributed by atoms with Crippen LogP contribution in [0.15, 0.2) is 67.0 Å². The van der Waals surface area contributed by atoms with Crippen LogP contribution in [0.4, 0.5) is 13.6 Å². The number of nitrogens with one attached hydrogen (secondary N) is 1. The van der Waals surface area contributed by atoms with Crippen LogP contribution in [0.2, 0.25) is 0 Å². The van der Waals surface area contributed by atoms with Crippen LogP contribution in [-0.4, -0.2) is 34.4 Å². The number of carbonyl (C=O) groups is 1. The summed E-state index contributed by atoms with van der Waals surface area (Å²) >= 11 is 0. The molecular formula is C20H20F2N4O2. The lowest BCUT2D eigenvalue weighted by atomic mass is 10.2. The van der Waals surface area contributed by atoms with Gasteiger partial charge in [0.15, 0.2) is 0 Å². The Bertz CT molecular complexity index is 882. The smallest absolute Gasteiger partial charge is 0.387 e. The normalized spacial score (nSPS) is 10.7. The lowest BCUT2D eigenvalue weighted by Gasteiger charge is -2.18. The van der Waals surface area contributed by atoms with E-state index in [0.717, 1.165) is 16.8 Å². The zero-order chi connectivity index (χ0) is 19.9. The fourth-order valence-corrected chi connectivity index (χ4v) is 2.62. The van der Waals surface area contributed by atoms with Gasteiger partial charge in [-0.2, -0.15) is 13.9 Å². The summed E-state index contributed by atoms with van der Waals surface area (Å²) in [4.78, 5) is 13.8. The van der Waals surface area contributed by atoms with Gasteiger partial charge >= 0.3 is 12.6 Å². The van der Waals surface area contributed by atoms with Gasteiger partial charge in [-0.15, -0.1) is 0 Å². The molecule has 0 radical (unpaired) electrons. The number of benzene rings is 2. The number of hydrogen-bond acceptors (Lipinski definition) is 3. The first-order valence-corrected chi connectivity index (χ1v) is 8.63. The standard InChI is InChI=1S/C20H20F2N4O2/c1-25(14-16-5-9-18(10-6-16)28-19(21)22)20(27)23-13-15-3-7-17(8-4-15)26-12-2-11-24-26/h2-12,19H,13-14H2,1H3,(H,23,27). The van der Waals surface area contributed by atoms with E-state index in [-0.39, 0.29) is 11.8 Å². The Labute approximate surface area is 161 Å². The van der Waals surface area contributed by atoms with Gasteiger partial charge in [0.05, 0.1) is 5.69 Å². The molecule has 28 heavy (non-hydrogen) atoms. The van der Waals surface area contributed by atoms with Crippen LogP contribution in [0.25, 0.3) is 5.69 Å². The summed E-state index contributed by atoms with van der Waals surface area (Å²) in [5, 5.41) is 7.02. The number of nitrogens with zero attached hydrogens (tertiary/aromatic N) is 3. The Hall–Kier alpha value is -3.42. The summed E-state index contributed by atoms with van der Waals surface area (Å²) in [5.74, 6) is 0.0874. The van der Waals surface area contributed by atoms with Crippen LogP contribution >= 0.6 is 0 Å². The molecule has 146 valence electrons. The van der Waals surface area contributed by atoms with E-state index < -0.39 is 6.61 Å². The number of carbonyl (C=O) groups excluding carboxylic acids is 1. The lowest BCUT2D eigenvalue weighted by molar-refractivity contribution is -0.0498. The minimum atomic E-state index is -2.85. The molecule has 0 aliphatic carbocycles. The van der Waals surface area contributed by atoms with Crippen molar-refractivity contribution in [1.29, 1.82) is 0 Å². The highest BCUT2D eigenvalue weighted by molar-refractivity contribution is 5.73. The first-order valence-electron chi connectivity index (χ1n) is 8.63. The molecule has 0 aliphatic rings. The summed E-state index contributed by atoms with van der Waals surface area (Å²) in [6.07, 6.45) is 3.57. The largest absolute Gasteiger partial charge is 0.435 e. The van der Waals surface area contributed by atoms with Gasteiger partial charge in [-0.05, 0) is 41.5 Å². The molecule has 3 aromatic rings. The third-order valence-electron chi connectivity index (χ3n) is 4.06. The van der Waals surface area contributed by atoms with Crippen LogP contribution in [-0.2, 0) is 13.1 Å². The molecule has 8 heteroatoms. The second-order valence-corrected chi connectivity index (χ2v) is 6.15. The molecule has 0 unspecified atom stereocenters. The number of rotatable bonds is 7. The van der Waals surface area contributed by atoms with E-state index in [1.807, 2.05) is 36.5 Å². The summed E-state index contributed by atoms with van der Waals surface area (Å²) in [7, 11) is 1.67. The number of ether oxygens (including phenoxy) is 1. The summed E-state index contributed by atoms with van der Waals surface area (Å²) < 4.78 is 30.4. The predicted molar refractivity (Wildman–Crippen MR) is 100 cm³/mol. The number of amides is 2. The molecule has 1 heterocycles. The van der Waals surface area contributed by atoms with E-state index in [2.05, 4.69) is 15.2 Å². The van der Waals surface area contributed by atoms with Crippen LogP contribution in [0, 0.1) is 0 Å². The highest BCUT2D eigenvalue weighted by Gasteiger charge is 2.10. The SMILES string of the molecule is CN(Cc1ccc(OC(F)F)cc1)C(=O)NCc1ccc(-n2cccn2)cc1. The van der Waals surface area contributed by atoms with E-state index in [1.54, 1.807) is 30.1 Å². The van der Waals surface area contributed by atoms with E-state index >= 15 is 0 Å². The molecule has 1 aromatic heterocycles. The molecule has 2 amide bonds. The van der Waals surface area contributed by atoms with Crippen molar-refractivity contribution in [3.05, 3.63) is 78.1 Å². The topological polar surface area (TPSA) is 59.4 Å². The number of halogens is 2. The molecule has 1 N–H and O–H groups in total. The van der Waals surface area contributed by atoms with Crippen molar-refractivity contribution in [2.45, 2.75) is 19.7 Å². The molecule has 3 rings (SSSR count). The van der Waals surface area contributed by atoms with Crippen molar-refractivity contribution in [3.63, 3.8) is 0 Å². The molecule has 0 saturated carbocycles. The van der Waals surface area contributed by atoms with Crippen LogP contribution < -0.4 is 10.1 Å². The summed E-state index contributed by atoms with van der Waals surface area (Å²) in [6, 6.07) is 15.5. The third kappa shape index (κ3) is 5.29. The van der Waals surface area contributed by atoms with Crippen molar-refractivity contribution in [2.75, 3.05) is 7.05 Å². The lowest BCUT2D eigenvalue weighted by Crippen LogP contribution is -2.36. The zero-order valence-electron chi connectivity index (χ0n) is 15.3. The van der Waals surface area contributed by atoms with Gasteiger partial charge in [0, 0.05) is 32.5 Å². The predicted octanol–water partition coefficient (Wildman–Crippen LogP) is 3.82. The van der Waals surface area contributed by atoms with Crippen molar-refractivity contribution in [3.8, 4) is 11.4 Å². The maximum atomic E-state index is 12.3. The Morgan fingerprint density at radius 3 is 2.43 bits per heavy atom. The molecular weight excluding hydrogens is 366 g/mol. The average molecular weight is 386 g/mol.